The molecule has 4 rings (SSSR count). The van der Waals surface area contributed by atoms with Crippen molar-refractivity contribution < 1.29 is 18.0 Å². The summed E-state index contributed by atoms with van der Waals surface area (Å²) in [5.41, 5.74) is 10.1. The van der Waals surface area contributed by atoms with Crippen LogP contribution in [0.1, 0.15) is 23.1 Å². The first-order chi connectivity index (χ1) is 15.1. The van der Waals surface area contributed by atoms with E-state index in [1.807, 2.05) is 6.92 Å². The van der Waals surface area contributed by atoms with E-state index in [0.29, 0.717) is 33.3 Å². The van der Waals surface area contributed by atoms with Gasteiger partial charge in [-0.1, -0.05) is 6.92 Å². The number of imidazole rings is 1. The molecule has 0 spiro atoms. The van der Waals surface area contributed by atoms with Gasteiger partial charge in [0, 0.05) is 13.2 Å². The summed E-state index contributed by atoms with van der Waals surface area (Å²) in [7, 11) is 1.67. The van der Waals surface area contributed by atoms with Crippen molar-refractivity contribution in [2.45, 2.75) is 18.1 Å². The minimum Gasteiger partial charge on any atom is -0.364 e. The number of nitrogens with zero attached hydrogens (tertiary/aromatic N) is 7. The van der Waals surface area contributed by atoms with Gasteiger partial charge in [0.05, 0.1) is 22.8 Å². The molecule has 4 heterocycles. The highest BCUT2D eigenvalue weighted by Gasteiger charge is 2.33. The SMILES string of the molecule is CCSc1nn2c(C(N)=O)ccnc2c1-c1nc2cc(C(F)(F)F)ncc2n1C.N#CN. The van der Waals surface area contributed by atoms with Crippen LogP contribution in [-0.4, -0.2) is 40.8 Å². The molecule has 4 N–H and O–H groups in total. The monoisotopic (exact) mass is 463 g/mol. The summed E-state index contributed by atoms with van der Waals surface area (Å²) in [6, 6.07) is 2.35. The van der Waals surface area contributed by atoms with Crippen LogP contribution in [0.4, 0.5) is 13.2 Å². The van der Waals surface area contributed by atoms with E-state index in [0.717, 1.165) is 12.3 Å². The maximum atomic E-state index is 13.0. The highest BCUT2D eigenvalue weighted by Crippen LogP contribution is 2.36. The fraction of sp³-hybridized carbons (Fsp3) is 0.222. The maximum Gasteiger partial charge on any atom is 0.433 e. The third-order valence-corrected chi connectivity index (χ3v) is 5.15. The van der Waals surface area contributed by atoms with E-state index in [4.69, 9.17) is 11.0 Å². The van der Waals surface area contributed by atoms with Crippen molar-refractivity contribution in [2.75, 3.05) is 5.75 Å². The Morgan fingerprint density at radius 3 is 2.62 bits per heavy atom. The molecule has 0 aliphatic rings. The number of primary amides is 1. The van der Waals surface area contributed by atoms with Gasteiger partial charge in [-0.2, -0.15) is 23.5 Å². The summed E-state index contributed by atoms with van der Waals surface area (Å²) in [4.78, 5) is 24.0. The zero-order valence-corrected chi connectivity index (χ0v) is 17.6. The van der Waals surface area contributed by atoms with Gasteiger partial charge in [-0.05, 0) is 17.9 Å². The molecule has 0 fully saturated rings. The van der Waals surface area contributed by atoms with Gasteiger partial charge in [0.25, 0.3) is 5.91 Å². The molecule has 32 heavy (non-hydrogen) atoms. The number of aromatic nitrogens is 6. The fourth-order valence-electron chi connectivity index (χ4n) is 3.01. The molecule has 0 bridgehead atoms. The number of nitrogens with two attached hydrogens (primary N) is 2. The predicted octanol–water partition coefficient (Wildman–Crippen LogP) is 2.33. The molecule has 0 saturated heterocycles. The molecule has 0 aromatic carbocycles. The average molecular weight is 463 g/mol. The second kappa shape index (κ2) is 8.71. The molecule has 14 heteroatoms. The molecule has 0 aliphatic carbocycles. The molecule has 1 amide bonds. The number of rotatable bonds is 4. The topological polar surface area (TPSA) is 154 Å². The number of hydrogen-bond donors (Lipinski definition) is 2. The van der Waals surface area contributed by atoms with Gasteiger partial charge >= 0.3 is 6.18 Å². The van der Waals surface area contributed by atoms with Crippen LogP contribution in [0.2, 0.25) is 0 Å². The lowest BCUT2D eigenvalue weighted by Gasteiger charge is -2.05. The van der Waals surface area contributed by atoms with E-state index in [2.05, 4.69) is 25.8 Å². The maximum absolute atomic E-state index is 13.0. The van der Waals surface area contributed by atoms with Crippen molar-refractivity contribution in [3.63, 3.8) is 0 Å². The number of aryl methyl sites for hydroxylation is 1. The van der Waals surface area contributed by atoms with Crippen molar-refractivity contribution in [1.82, 2.24) is 29.1 Å². The van der Waals surface area contributed by atoms with E-state index in [1.54, 1.807) is 11.6 Å². The summed E-state index contributed by atoms with van der Waals surface area (Å²) in [6.07, 6.45) is -0.764. The summed E-state index contributed by atoms with van der Waals surface area (Å²) >= 11 is 1.40. The van der Waals surface area contributed by atoms with Crippen LogP contribution < -0.4 is 11.5 Å². The van der Waals surface area contributed by atoms with E-state index in [1.165, 1.54) is 34.7 Å². The number of carbonyl (C=O) groups is 1. The molecule has 0 unspecified atom stereocenters. The number of alkyl halides is 3. The van der Waals surface area contributed by atoms with Gasteiger partial charge in [0.15, 0.2) is 11.8 Å². The molecule has 0 aliphatic heterocycles. The Hall–Kier alpha value is -3.86. The van der Waals surface area contributed by atoms with E-state index >= 15 is 0 Å². The van der Waals surface area contributed by atoms with Crippen LogP contribution in [0, 0.1) is 11.5 Å². The van der Waals surface area contributed by atoms with Crippen molar-refractivity contribution in [1.29, 1.82) is 5.26 Å². The molecule has 4 aromatic rings. The Morgan fingerprint density at radius 1 is 1.34 bits per heavy atom. The summed E-state index contributed by atoms with van der Waals surface area (Å²) in [5.74, 6) is 0.358. The van der Waals surface area contributed by atoms with Crippen LogP contribution in [0.15, 0.2) is 29.6 Å². The highest BCUT2D eigenvalue weighted by atomic mass is 32.2. The Bertz CT molecular complexity index is 1350. The van der Waals surface area contributed by atoms with Gasteiger partial charge in [-0.25, -0.2) is 19.5 Å². The van der Waals surface area contributed by atoms with Gasteiger partial charge in [0.1, 0.15) is 22.2 Å². The minimum absolute atomic E-state index is 0.138. The second-order valence-corrected chi connectivity index (χ2v) is 7.48. The normalized spacial score (nSPS) is 11.2. The molecule has 0 atom stereocenters. The summed E-state index contributed by atoms with van der Waals surface area (Å²) in [6.45, 7) is 1.93. The Kier molecular flexibility index (Phi) is 6.21. The molecule has 0 radical (unpaired) electrons. The molecular formula is C18H16F3N9OS. The van der Waals surface area contributed by atoms with Gasteiger partial charge in [-0.3, -0.25) is 4.79 Å². The van der Waals surface area contributed by atoms with Crippen LogP contribution >= 0.6 is 11.8 Å². The van der Waals surface area contributed by atoms with Crippen LogP contribution in [-0.2, 0) is 13.2 Å². The Balaban J connectivity index is 0.000000913. The highest BCUT2D eigenvalue weighted by molar-refractivity contribution is 7.99. The van der Waals surface area contributed by atoms with Crippen molar-refractivity contribution >= 4 is 34.3 Å². The zero-order chi connectivity index (χ0) is 23.6. The first kappa shape index (κ1) is 22.8. The molecule has 166 valence electrons. The molecule has 10 nitrogen and oxygen atoms in total. The molecule has 0 saturated carbocycles. The number of amides is 1. The van der Waals surface area contributed by atoms with Crippen molar-refractivity contribution in [3.8, 4) is 17.6 Å². The van der Waals surface area contributed by atoms with Crippen molar-refractivity contribution in [3.05, 3.63) is 35.9 Å². The minimum atomic E-state index is -4.57. The average Bonchev–Trinajstić information content (AvgIpc) is 3.24. The smallest absolute Gasteiger partial charge is 0.364 e. The standard InChI is InChI=1S/C17H14F3N7OS.CH2N2/c1-3-29-16-12(14-22-5-4-9(13(21)28)27(14)25-16)15-24-8-6-11(17(18,19)20)23-7-10(8)26(15)2;2-1-3/h4-7H,3H2,1-2H3,(H2,21,28);2H2. The quantitative estimate of drug-likeness (QED) is 0.266. The summed E-state index contributed by atoms with van der Waals surface area (Å²) < 4.78 is 42.0. The van der Waals surface area contributed by atoms with E-state index in [9.17, 15) is 18.0 Å². The Labute approximate surface area is 183 Å². The van der Waals surface area contributed by atoms with Crippen LogP contribution in [0.3, 0.4) is 0 Å². The van der Waals surface area contributed by atoms with Gasteiger partial charge in [0.2, 0.25) is 0 Å². The van der Waals surface area contributed by atoms with Crippen LogP contribution in [0.5, 0.6) is 0 Å². The number of hydrogen-bond acceptors (Lipinski definition) is 8. The van der Waals surface area contributed by atoms with E-state index in [-0.39, 0.29) is 11.2 Å². The van der Waals surface area contributed by atoms with E-state index < -0.39 is 17.8 Å². The lowest BCUT2D eigenvalue weighted by molar-refractivity contribution is -0.141. The first-order valence-corrected chi connectivity index (χ1v) is 9.92. The third kappa shape index (κ3) is 4.02. The van der Waals surface area contributed by atoms with Gasteiger partial charge in [-0.15, -0.1) is 11.8 Å². The molecule has 4 aromatic heterocycles. The largest absolute Gasteiger partial charge is 0.433 e. The van der Waals surface area contributed by atoms with Gasteiger partial charge < -0.3 is 16.0 Å². The van der Waals surface area contributed by atoms with Crippen LogP contribution in [0.25, 0.3) is 28.1 Å². The zero-order valence-electron chi connectivity index (χ0n) is 16.8. The summed E-state index contributed by atoms with van der Waals surface area (Å²) in [5, 5.41) is 12.1. The number of halogens is 3. The lowest BCUT2D eigenvalue weighted by Crippen LogP contribution is -2.16. The number of thioether (sulfide) groups is 1. The number of fused-ring (bicyclic) bond motifs is 2. The molecular weight excluding hydrogens is 447 g/mol. The first-order valence-electron chi connectivity index (χ1n) is 8.94. The Morgan fingerprint density at radius 2 is 2.03 bits per heavy atom. The predicted molar refractivity (Wildman–Crippen MR) is 110 cm³/mol. The number of pyridine rings is 1. The number of carbonyl (C=O) groups excluding carboxylic acids is 1. The fourth-order valence-corrected chi connectivity index (χ4v) is 3.75. The second-order valence-electron chi connectivity index (χ2n) is 6.22. The lowest BCUT2D eigenvalue weighted by atomic mass is 10.3. The number of nitriles is 1. The van der Waals surface area contributed by atoms with Crippen molar-refractivity contribution in [2.24, 2.45) is 18.5 Å². The third-order valence-electron chi connectivity index (χ3n) is 4.30.